The molecule has 2 N–H and O–H groups in total. The molecule has 140 valence electrons. The molecule has 0 atom stereocenters. The summed E-state index contributed by atoms with van der Waals surface area (Å²) < 4.78 is 6.79. The Labute approximate surface area is 159 Å². The molecule has 1 aromatic carbocycles. The van der Waals surface area contributed by atoms with Crippen LogP contribution in [0.1, 0.15) is 47.8 Å². The zero-order valence-corrected chi connectivity index (χ0v) is 15.9. The minimum atomic E-state index is -0.622. The fourth-order valence-corrected chi connectivity index (χ4v) is 3.81. The molecule has 2 heterocycles. The number of carbonyl (C=O) groups excluding carboxylic acids is 1. The molecule has 8 nitrogen and oxygen atoms in total. The van der Waals surface area contributed by atoms with Crippen LogP contribution in [0, 0.1) is 11.7 Å². The van der Waals surface area contributed by atoms with Gasteiger partial charge in [0.1, 0.15) is 5.54 Å². The molecule has 1 aliphatic rings. The number of nitrogens with zero attached hydrogens (tertiary/aromatic N) is 3. The average Bonchev–Trinajstić information content (AvgIpc) is 3.29. The van der Waals surface area contributed by atoms with E-state index in [4.69, 9.17) is 16.7 Å². The lowest BCUT2D eigenvalue weighted by atomic mass is 9.95. The normalized spacial score (nSPS) is 15.9. The van der Waals surface area contributed by atoms with Crippen molar-refractivity contribution >= 4 is 29.0 Å². The van der Waals surface area contributed by atoms with Gasteiger partial charge in [0.2, 0.25) is 5.89 Å². The number of hydrogen-bond acceptors (Lipinski definition) is 6. The van der Waals surface area contributed by atoms with Crippen molar-refractivity contribution in [2.24, 2.45) is 7.05 Å². The molecule has 1 saturated carbocycles. The molecule has 0 radical (unpaired) electrons. The van der Waals surface area contributed by atoms with Crippen LogP contribution in [-0.4, -0.2) is 25.6 Å². The lowest BCUT2D eigenvalue weighted by Gasteiger charge is -2.26. The molecule has 0 spiro atoms. The van der Waals surface area contributed by atoms with Crippen molar-refractivity contribution in [3.05, 3.63) is 50.6 Å². The third-order valence-corrected chi connectivity index (χ3v) is 5.50. The van der Waals surface area contributed by atoms with Gasteiger partial charge in [0.05, 0.1) is 10.9 Å². The molecule has 4 rings (SSSR count). The summed E-state index contributed by atoms with van der Waals surface area (Å²) in [6.45, 7) is 1.73. The summed E-state index contributed by atoms with van der Waals surface area (Å²) >= 11 is 5.16. The van der Waals surface area contributed by atoms with Crippen molar-refractivity contribution < 1.29 is 9.32 Å². The molecule has 0 aliphatic heterocycles. The largest absolute Gasteiger partial charge is 0.340 e. The van der Waals surface area contributed by atoms with E-state index >= 15 is 0 Å². The summed E-state index contributed by atoms with van der Waals surface area (Å²) in [6.07, 6.45) is 3.48. The number of H-pyrrole nitrogens is 1. The first-order chi connectivity index (χ1) is 12.9. The second-order valence-electron chi connectivity index (χ2n) is 6.94. The molecule has 3 aromatic rings. The Bertz CT molecular complexity index is 1150. The van der Waals surface area contributed by atoms with Gasteiger partial charge in [-0.25, -0.2) is 0 Å². The van der Waals surface area contributed by atoms with E-state index in [1.807, 2.05) is 0 Å². The average molecular weight is 385 g/mol. The molecule has 0 unspecified atom stereocenters. The first-order valence-electron chi connectivity index (χ1n) is 8.76. The van der Waals surface area contributed by atoms with Crippen molar-refractivity contribution in [1.29, 1.82) is 0 Å². The van der Waals surface area contributed by atoms with Gasteiger partial charge in [-0.3, -0.25) is 14.2 Å². The van der Waals surface area contributed by atoms with Gasteiger partial charge in [-0.15, -0.1) is 0 Å². The molecular formula is C18H19N5O3S. The maximum atomic E-state index is 12.9. The molecule has 9 heteroatoms. The van der Waals surface area contributed by atoms with Crippen LogP contribution in [0.4, 0.5) is 0 Å². The van der Waals surface area contributed by atoms with Crippen LogP contribution in [0.15, 0.2) is 27.5 Å². The van der Waals surface area contributed by atoms with Crippen molar-refractivity contribution in [3.63, 3.8) is 0 Å². The molecular weight excluding hydrogens is 366 g/mol. The number of aryl methyl sites for hydroxylation is 1. The lowest BCUT2D eigenvalue weighted by Crippen LogP contribution is -2.44. The molecule has 1 amide bonds. The first-order valence-corrected chi connectivity index (χ1v) is 9.17. The van der Waals surface area contributed by atoms with Crippen LogP contribution in [0.5, 0.6) is 0 Å². The molecule has 0 bridgehead atoms. The van der Waals surface area contributed by atoms with Gasteiger partial charge in [0.25, 0.3) is 11.5 Å². The SMILES string of the molecule is Cc1nc(C2(NC(=O)c3ccc4c(=O)n(C)c(=S)[nH]c4c3)CCCC2)no1. The zero-order chi connectivity index (χ0) is 19.2. The van der Waals surface area contributed by atoms with Gasteiger partial charge in [-0.2, -0.15) is 4.98 Å². The van der Waals surface area contributed by atoms with E-state index in [9.17, 15) is 9.59 Å². The number of nitrogens with one attached hydrogen (secondary N) is 2. The van der Waals surface area contributed by atoms with Crippen LogP contribution in [0.3, 0.4) is 0 Å². The van der Waals surface area contributed by atoms with Gasteiger partial charge in [0.15, 0.2) is 10.6 Å². The van der Waals surface area contributed by atoms with Crippen LogP contribution in [0.25, 0.3) is 10.9 Å². The van der Waals surface area contributed by atoms with E-state index in [-0.39, 0.29) is 11.5 Å². The highest BCUT2D eigenvalue weighted by molar-refractivity contribution is 7.71. The Kier molecular flexibility index (Phi) is 4.18. The van der Waals surface area contributed by atoms with Crippen molar-refractivity contribution in [2.45, 2.75) is 38.1 Å². The number of fused-ring (bicyclic) bond motifs is 1. The fourth-order valence-electron chi connectivity index (χ4n) is 3.61. The Hall–Kier alpha value is -2.81. The van der Waals surface area contributed by atoms with Gasteiger partial charge in [-0.1, -0.05) is 18.0 Å². The molecule has 1 fully saturated rings. The van der Waals surface area contributed by atoms with Crippen molar-refractivity contribution in [1.82, 2.24) is 25.0 Å². The highest BCUT2D eigenvalue weighted by Crippen LogP contribution is 2.37. The third-order valence-electron chi connectivity index (χ3n) is 5.13. The minimum absolute atomic E-state index is 0.199. The summed E-state index contributed by atoms with van der Waals surface area (Å²) in [5.74, 6) is 0.737. The molecule has 1 aliphatic carbocycles. The van der Waals surface area contributed by atoms with E-state index in [2.05, 4.69) is 20.4 Å². The van der Waals surface area contributed by atoms with E-state index < -0.39 is 5.54 Å². The summed E-state index contributed by atoms with van der Waals surface area (Å²) in [7, 11) is 1.61. The maximum Gasteiger partial charge on any atom is 0.261 e. The molecule has 27 heavy (non-hydrogen) atoms. The smallest absolute Gasteiger partial charge is 0.261 e. The number of amides is 1. The maximum absolute atomic E-state index is 12.9. The van der Waals surface area contributed by atoms with Gasteiger partial charge in [0, 0.05) is 19.5 Å². The van der Waals surface area contributed by atoms with Gasteiger partial charge in [-0.05, 0) is 43.3 Å². The second kappa shape index (κ2) is 6.41. The summed E-state index contributed by atoms with van der Waals surface area (Å²) in [4.78, 5) is 32.6. The minimum Gasteiger partial charge on any atom is -0.340 e. The van der Waals surface area contributed by atoms with Crippen molar-refractivity contribution in [2.75, 3.05) is 0 Å². The van der Waals surface area contributed by atoms with E-state index in [1.165, 1.54) is 4.57 Å². The standard InChI is InChI=1S/C18H19N5O3S/c1-10-19-16(22-26-10)18(7-3-4-8-18)21-14(24)11-5-6-12-13(9-11)20-17(27)23(2)15(12)25/h5-6,9H,3-4,7-8H2,1-2H3,(H,20,27)(H,21,24). The highest BCUT2D eigenvalue weighted by atomic mass is 32.1. The highest BCUT2D eigenvalue weighted by Gasteiger charge is 2.41. The summed E-state index contributed by atoms with van der Waals surface area (Å²) in [5, 5.41) is 7.61. The monoisotopic (exact) mass is 385 g/mol. The zero-order valence-electron chi connectivity index (χ0n) is 15.0. The Morgan fingerprint density at radius 1 is 1.37 bits per heavy atom. The van der Waals surface area contributed by atoms with Gasteiger partial charge >= 0.3 is 0 Å². The summed E-state index contributed by atoms with van der Waals surface area (Å²) in [6, 6.07) is 4.92. The topological polar surface area (TPSA) is 106 Å². The molecule has 2 aromatic heterocycles. The number of benzene rings is 1. The number of aromatic amines is 1. The number of aromatic nitrogens is 4. The van der Waals surface area contributed by atoms with Crippen LogP contribution in [0.2, 0.25) is 0 Å². The quantitative estimate of drug-likeness (QED) is 0.671. The molecule has 0 saturated heterocycles. The fraction of sp³-hybridized carbons (Fsp3) is 0.389. The lowest BCUT2D eigenvalue weighted by molar-refractivity contribution is 0.0892. The summed E-state index contributed by atoms with van der Waals surface area (Å²) in [5.41, 5.74) is 0.151. The number of hydrogen-bond donors (Lipinski definition) is 2. The Morgan fingerprint density at radius 3 is 2.78 bits per heavy atom. The Morgan fingerprint density at radius 2 is 2.11 bits per heavy atom. The van der Waals surface area contributed by atoms with Crippen LogP contribution < -0.4 is 10.9 Å². The number of rotatable bonds is 3. The van der Waals surface area contributed by atoms with Crippen LogP contribution in [-0.2, 0) is 12.6 Å². The van der Waals surface area contributed by atoms with Crippen molar-refractivity contribution in [3.8, 4) is 0 Å². The van der Waals surface area contributed by atoms with Gasteiger partial charge < -0.3 is 14.8 Å². The van der Waals surface area contributed by atoms with Crippen LogP contribution >= 0.6 is 12.2 Å². The predicted molar refractivity (Wildman–Crippen MR) is 101 cm³/mol. The Balaban J connectivity index is 1.71. The predicted octanol–water partition coefficient (Wildman–Crippen LogP) is 2.49. The second-order valence-corrected chi connectivity index (χ2v) is 7.32. The van der Waals surface area contributed by atoms with E-state index in [0.717, 1.165) is 25.7 Å². The number of carbonyl (C=O) groups is 1. The van der Waals surface area contributed by atoms with E-state index in [0.29, 0.717) is 33.0 Å². The van der Waals surface area contributed by atoms with E-state index in [1.54, 1.807) is 32.2 Å². The third kappa shape index (κ3) is 2.97. The first kappa shape index (κ1) is 17.6.